The molecule has 1 aromatic carbocycles. The van der Waals surface area contributed by atoms with E-state index in [4.69, 9.17) is 16.7 Å². The van der Waals surface area contributed by atoms with Crippen LogP contribution < -0.4 is 0 Å². The Bertz CT molecular complexity index is 542. The van der Waals surface area contributed by atoms with Gasteiger partial charge in [0, 0.05) is 29.0 Å². The van der Waals surface area contributed by atoms with E-state index in [1.54, 1.807) is 11.0 Å². The van der Waals surface area contributed by atoms with E-state index in [1.165, 1.54) is 0 Å². The Morgan fingerprint density at radius 2 is 2.00 bits per heavy atom. The van der Waals surface area contributed by atoms with Crippen LogP contribution in [0, 0.1) is 5.92 Å². The van der Waals surface area contributed by atoms with Gasteiger partial charge in [0.2, 0.25) is 5.91 Å². The van der Waals surface area contributed by atoms with Gasteiger partial charge in [-0.1, -0.05) is 27.5 Å². The highest BCUT2D eigenvalue weighted by Gasteiger charge is 2.26. The number of piperidine rings is 1. The fraction of sp³-hybridized carbons (Fsp3) is 0.467. The first-order valence-electron chi connectivity index (χ1n) is 6.92. The highest BCUT2D eigenvalue weighted by Crippen LogP contribution is 2.23. The number of halogens is 2. The lowest BCUT2D eigenvalue weighted by Crippen LogP contribution is -2.40. The Hall–Kier alpha value is -1.07. The van der Waals surface area contributed by atoms with E-state index in [2.05, 4.69) is 15.9 Å². The number of amides is 1. The number of aryl methyl sites for hydroxylation is 1. The number of likely N-dealkylation sites (tertiary alicyclic amines) is 1. The average Bonchev–Trinajstić information content (AvgIpc) is 2.48. The summed E-state index contributed by atoms with van der Waals surface area (Å²) in [7, 11) is 0. The first kappa shape index (κ1) is 16.3. The lowest BCUT2D eigenvalue weighted by molar-refractivity contribution is -0.145. The standard InChI is InChI=1S/C15H17BrClNO3/c16-13-3-2-12(17)9-11(13)1-4-14(19)18-7-5-10(6-8-18)15(20)21/h2-3,9-10H,1,4-8H2,(H,20,21). The van der Waals surface area contributed by atoms with E-state index in [9.17, 15) is 9.59 Å². The second-order valence-electron chi connectivity index (χ2n) is 5.23. The molecule has 0 spiro atoms. The van der Waals surface area contributed by atoms with Gasteiger partial charge < -0.3 is 10.0 Å². The molecule has 1 amide bonds. The fourth-order valence-corrected chi connectivity index (χ4v) is 3.15. The molecule has 114 valence electrons. The lowest BCUT2D eigenvalue weighted by Gasteiger charge is -2.30. The molecule has 1 saturated heterocycles. The predicted octanol–water partition coefficient (Wildman–Crippen LogP) is 3.36. The van der Waals surface area contributed by atoms with Crippen LogP contribution in [0.5, 0.6) is 0 Å². The molecular weight excluding hydrogens is 358 g/mol. The summed E-state index contributed by atoms with van der Waals surface area (Å²) in [4.78, 5) is 24.8. The summed E-state index contributed by atoms with van der Waals surface area (Å²) < 4.78 is 0.948. The van der Waals surface area contributed by atoms with Crippen molar-refractivity contribution in [3.05, 3.63) is 33.3 Å². The number of nitrogens with zero attached hydrogens (tertiary/aromatic N) is 1. The monoisotopic (exact) mass is 373 g/mol. The summed E-state index contributed by atoms with van der Waals surface area (Å²) in [5, 5.41) is 9.61. The molecule has 1 aliphatic heterocycles. The van der Waals surface area contributed by atoms with Crippen LogP contribution in [0.25, 0.3) is 0 Å². The molecule has 0 bridgehead atoms. The van der Waals surface area contributed by atoms with Crippen molar-refractivity contribution in [2.75, 3.05) is 13.1 Å². The molecular formula is C15H17BrClNO3. The first-order valence-corrected chi connectivity index (χ1v) is 8.09. The van der Waals surface area contributed by atoms with Gasteiger partial charge in [-0.25, -0.2) is 0 Å². The lowest BCUT2D eigenvalue weighted by atomic mass is 9.96. The summed E-state index contributed by atoms with van der Waals surface area (Å²) in [5.74, 6) is -0.994. The minimum atomic E-state index is -0.759. The number of rotatable bonds is 4. The van der Waals surface area contributed by atoms with Crippen molar-refractivity contribution in [1.29, 1.82) is 0 Å². The number of carbonyl (C=O) groups is 2. The van der Waals surface area contributed by atoms with Crippen molar-refractivity contribution in [2.45, 2.75) is 25.7 Å². The van der Waals surface area contributed by atoms with Crippen molar-refractivity contribution in [3.8, 4) is 0 Å². The molecule has 0 atom stereocenters. The Morgan fingerprint density at radius 3 is 2.62 bits per heavy atom. The van der Waals surface area contributed by atoms with Gasteiger partial charge in [0.05, 0.1) is 5.92 Å². The van der Waals surface area contributed by atoms with Gasteiger partial charge in [-0.15, -0.1) is 0 Å². The maximum absolute atomic E-state index is 12.2. The molecule has 1 aliphatic rings. The number of benzene rings is 1. The Labute approximate surface area is 137 Å². The number of aliphatic carboxylic acids is 1. The van der Waals surface area contributed by atoms with Crippen LogP contribution in [0.1, 0.15) is 24.8 Å². The number of hydrogen-bond acceptors (Lipinski definition) is 2. The van der Waals surface area contributed by atoms with Crippen LogP contribution in [-0.2, 0) is 16.0 Å². The van der Waals surface area contributed by atoms with E-state index in [0.717, 1.165) is 10.0 Å². The topological polar surface area (TPSA) is 57.6 Å². The minimum absolute atomic E-state index is 0.0747. The molecule has 0 aromatic heterocycles. The van der Waals surface area contributed by atoms with Crippen LogP contribution in [0.15, 0.2) is 22.7 Å². The molecule has 4 nitrogen and oxygen atoms in total. The van der Waals surface area contributed by atoms with Crippen molar-refractivity contribution in [1.82, 2.24) is 4.90 Å². The number of carboxylic acids is 1. The van der Waals surface area contributed by atoms with Crippen molar-refractivity contribution in [3.63, 3.8) is 0 Å². The summed E-state index contributed by atoms with van der Waals surface area (Å²) in [6.07, 6.45) is 2.12. The molecule has 21 heavy (non-hydrogen) atoms. The smallest absolute Gasteiger partial charge is 0.306 e. The molecule has 0 radical (unpaired) electrons. The Morgan fingerprint density at radius 1 is 1.33 bits per heavy atom. The predicted molar refractivity (Wildman–Crippen MR) is 84.4 cm³/mol. The summed E-state index contributed by atoms with van der Waals surface area (Å²) in [6, 6.07) is 5.53. The van der Waals surface area contributed by atoms with Crippen LogP contribution in [0.2, 0.25) is 5.02 Å². The third kappa shape index (κ3) is 4.45. The number of carboxylic acid groups (broad SMARTS) is 1. The molecule has 2 rings (SSSR count). The zero-order valence-corrected chi connectivity index (χ0v) is 13.9. The minimum Gasteiger partial charge on any atom is -0.481 e. The molecule has 0 aliphatic carbocycles. The van der Waals surface area contributed by atoms with E-state index >= 15 is 0 Å². The maximum Gasteiger partial charge on any atom is 0.306 e. The zero-order valence-electron chi connectivity index (χ0n) is 11.5. The fourth-order valence-electron chi connectivity index (χ4n) is 2.51. The molecule has 1 aromatic rings. The molecule has 1 fully saturated rings. The van der Waals surface area contributed by atoms with Gasteiger partial charge in [-0.05, 0) is 43.0 Å². The third-order valence-electron chi connectivity index (χ3n) is 3.81. The molecule has 6 heteroatoms. The van der Waals surface area contributed by atoms with Crippen molar-refractivity contribution >= 4 is 39.4 Å². The Balaban J connectivity index is 1.85. The van der Waals surface area contributed by atoms with E-state index < -0.39 is 5.97 Å². The molecule has 0 saturated carbocycles. The number of carbonyl (C=O) groups excluding carboxylic acids is 1. The molecule has 1 N–H and O–H groups in total. The third-order valence-corrected chi connectivity index (χ3v) is 4.82. The molecule has 1 heterocycles. The second-order valence-corrected chi connectivity index (χ2v) is 6.52. The van der Waals surface area contributed by atoms with Crippen LogP contribution >= 0.6 is 27.5 Å². The van der Waals surface area contributed by atoms with Crippen molar-refractivity contribution in [2.24, 2.45) is 5.92 Å². The zero-order chi connectivity index (χ0) is 15.4. The van der Waals surface area contributed by atoms with E-state index in [1.807, 2.05) is 12.1 Å². The maximum atomic E-state index is 12.2. The van der Waals surface area contributed by atoms with Gasteiger partial charge in [-0.3, -0.25) is 9.59 Å². The molecule has 0 unspecified atom stereocenters. The highest BCUT2D eigenvalue weighted by molar-refractivity contribution is 9.10. The van der Waals surface area contributed by atoms with Crippen LogP contribution in [-0.4, -0.2) is 35.0 Å². The van der Waals surface area contributed by atoms with Crippen molar-refractivity contribution < 1.29 is 14.7 Å². The van der Waals surface area contributed by atoms with Crippen LogP contribution in [0.4, 0.5) is 0 Å². The first-order chi connectivity index (χ1) is 9.97. The summed E-state index contributed by atoms with van der Waals surface area (Å²) in [5.41, 5.74) is 1.01. The normalized spacial score (nSPS) is 16.0. The Kier molecular flexibility index (Phi) is 5.65. The summed E-state index contributed by atoms with van der Waals surface area (Å²) >= 11 is 9.41. The quantitative estimate of drug-likeness (QED) is 0.879. The largest absolute Gasteiger partial charge is 0.481 e. The highest BCUT2D eigenvalue weighted by atomic mass is 79.9. The van der Waals surface area contributed by atoms with E-state index in [0.29, 0.717) is 43.8 Å². The summed E-state index contributed by atoms with van der Waals surface area (Å²) in [6.45, 7) is 1.07. The van der Waals surface area contributed by atoms with Gasteiger partial charge in [0.25, 0.3) is 0 Å². The average molecular weight is 375 g/mol. The van der Waals surface area contributed by atoms with Crippen LogP contribution in [0.3, 0.4) is 0 Å². The van der Waals surface area contributed by atoms with Gasteiger partial charge >= 0.3 is 5.97 Å². The van der Waals surface area contributed by atoms with E-state index in [-0.39, 0.29) is 11.8 Å². The number of hydrogen-bond donors (Lipinski definition) is 1. The van der Waals surface area contributed by atoms with Gasteiger partial charge in [-0.2, -0.15) is 0 Å². The second kappa shape index (κ2) is 7.27. The van der Waals surface area contributed by atoms with Gasteiger partial charge in [0.1, 0.15) is 0 Å². The SMILES string of the molecule is O=C(O)C1CCN(C(=O)CCc2cc(Cl)ccc2Br)CC1. The van der Waals surface area contributed by atoms with Gasteiger partial charge in [0.15, 0.2) is 0 Å².